The molecule has 134 valence electrons. The zero-order valence-electron chi connectivity index (χ0n) is 13.8. The topological polar surface area (TPSA) is 87.5 Å². The molecule has 0 bridgehead atoms. The van der Waals surface area contributed by atoms with E-state index in [1.165, 1.54) is 0 Å². The van der Waals surface area contributed by atoms with Gasteiger partial charge in [0.15, 0.2) is 0 Å². The van der Waals surface area contributed by atoms with Crippen LogP contribution in [0.5, 0.6) is 0 Å². The van der Waals surface area contributed by atoms with Crippen molar-refractivity contribution in [1.82, 2.24) is 4.90 Å². The minimum absolute atomic E-state index is 0. The zero-order valence-corrected chi connectivity index (χ0v) is 15.4. The van der Waals surface area contributed by atoms with Gasteiger partial charge in [-0.15, -0.1) is 24.8 Å². The highest BCUT2D eigenvalue weighted by molar-refractivity contribution is 6.06. The number of carbonyl (C=O) groups excluding carboxylic acids is 2. The predicted octanol–water partition coefficient (Wildman–Crippen LogP) is 1.99. The second-order valence-electron chi connectivity index (χ2n) is 6.72. The number of benzene rings is 1. The second-order valence-corrected chi connectivity index (χ2v) is 6.72. The Morgan fingerprint density at radius 1 is 1.17 bits per heavy atom. The highest BCUT2D eigenvalue weighted by Gasteiger charge is 2.45. The second kappa shape index (κ2) is 7.17. The van der Waals surface area contributed by atoms with Gasteiger partial charge in [-0.05, 0) is 38.8 Å². The minimum Gasteiger partial charge on any atom is -0.369 e. The Hall–Kier alpha value is -1.50. The highest BCUT2D eigenvalue weighted by Crippen LogP contribution is 2.36. The SMILES string of the molecule is CC(C)(N)C(=O)N1CCC2(CC1)Nc1ccccc1NC2=O.Cl.Cl. The summed E-state index contributed by atoms with van der Waals surface area (Å²) in [6.07, 6.45) is 1.16. The molecule has 1 aromatic carbocycles. The molecule has 0 aliphatic carbocycles. The Balaban J connectivity index is 0.00000144. The third-order valence-corrected chi connectivity index (χ3v) is 4.44. The van der Waals surface area contributed by atoms with Gasteiger partial charge in [-0.2, -0.15) is 0 Å². The molecule has 1 fully saturated rings. The van der Waals surface area contributed by atoms with Crippen LogP contribution in [0.3, 0.4) is 0 Å². The maximum atomic E-state index is 12.5. The normalized spacial score (nSPS) is 18.5. The van der Waals surface area contributed by atoms with Crippen LogP contribution in [0.4, 0.5) is 11.4 Å². The molecule has 1 spiro atoms. The van der Waals surface area contributed by atoms with Crippen LogP contribution in [-0.4, -0.2) is 40.9 Å². The number of hydrogen-bond acceptors (Lipinski definition) is 4. The number of nitrogens with two attached hydrogens (primary N) is 1. The van der Waals surface area contributed by atoms with Gasteiger partial charge >= 0.3 is 0 Å². The predicted molar refractivity (Wildman–Crippen MR) is 100 cm³/mol. The Bertz CT molecular complexity index is 623. The van der Waals surface area contributed by atoms with Crippen LogP contribution in [0.1, 0.15) is 26.7 Å². The lowest BCUT2D eigenvalue weighted by Gasteiger charge is -2.45. The van der Waals surface area contributed by atoms with E-state index >= 15 is 0 Å². The van der Waals surface area contributed by atoms with E-state index in [9.17, 15) is 9.59 Å². The van der Waals surface area contributed by atoms with Gasteiger partial charge in [0.05, 0.1) is 16.9 Å². The summed E-state index contributed by atoms with van der Waals surface area (Å²) in [4.78, 5) is 26.5. The van der Waals surface area contributed by atoms with Gasteiger partial charge in [-0.25, -0.2) is 0 Å². The smallest absolute Gasteiger partial charge is 0.250 e. The van der Waals surface area contributed by atoms with Crippen molar-refractivity contribution in [3.05, 3.63) is 24.3 Å². The molecule has 2 amide bonds. The third-order valence-electron chi connectivity index (χ3n) is 4.44. The highest BCUT2D eigenvalue weighted by atomic mass is 35.5. The standard InChI is InChI=1S/C16H22N4O2.2ClH/c1-15(2,17)14(22)20-9-7-16(8-10-20)13(21)18-11-5-3-4-6-12(11)19-16;;/h3-6,19H,7-10,17H2,1-2H3,(H,18,21);2*1H. The fraction of sp³-hybridized carbons (Fsp3) is 0.500. The van der Waals surface area contributed by atoms with Crippen LogP contribution in [0.15, 0.2) is 24.3 Å². The van der Waals surface area contributed by atoms with Crippen LogP contribution in [0.25, 0.3) is 0 Å². The van der Waals surface area contributed by atoms with Crippen molar-refractivity contribution in [1.29, 1.82) is 0 Å². The van der Waals surface area contributed by atoms with Crippen LogP contribution in [0, 0.1) is 0 Å². The summed E-state index contributed by atoms with van der Waals surface area (Å²) < 4.78 is 0. The van der Waals surface area contributed by atoms with E-state index in [0.29, 0.717) is 25.9 Å². The summed E-state index contributed by atoms with van der Waals surface area (Å²) >= 11 is 0. The molecular weight excluding hydrogens is 351 g/mol. The molecule has 4 N–H and O–H groups in total. The fourth-order valence-electron chi connectivity index (χ4n) is 3.11. The molecule has 0 saturated carbocycles. The molecule has 6 nitrogen and oxygen atoms in total. The lowest BCUT2D eigenvalue weighted by molar-refractivity contribution is -0.138. The lowest BCUT2D eigenvalue weighted by atomic mass is 9.84. The Morgan fingerprint density at radius 2 is 1.71 bits per heavy atom. The van der Waals surface area contributed by atoms with E-state index in [1.807, 2.05) is 24.3 Å². The number of nitrogens with zero attached hydrogens (tertiary/aromatic N) is 1. The van der Waals surface area contributed by atoms with Crippen molar-refractivity contribution in [3.63, 3.8) is 0 Å². The third kappa shape index (κ3) is 3.61. The number of piperidine rings is 1. The van der Waals surface area contributed by atoms with Crippen LogP contribution >= 0.6 is 24.8 Å². The number of amides is 2. The number of hydrogen-bond donors (Lipinski definition) is 3. The van der Waals surface area contributed by atoms with Gasteiger partial charge in [0.25, 0.3) is 0 Å². The fourth-order valence-corrected chi connectivity index (χ4v) is 3.11. The van der Waals surface area contributed by atoms with Gasteiger partial charge in [0.1, 0.15) is 5.54 Å². The molecule has 2 aliphatic heterocycles. The van der Waals surface area contributed by atoms with Crippen LogP contribution in [0.2, 0.25) is 0 Å². The van der Waals surface area contributed by atoms with Gasteiger partial charge in [-0.1, -0.05) is 12.1 Å². The molecule has 1 aromatic rings. The summed E-state index contributed by atoms with van der Waals surface area (Å²) in [6.45, 7) is 4.48. The summed E-state index contributed by atoms with van der Waals surface area (Å²) in [5, 5.41) is 6.34. The number of anilines is 2. The van der Waals surface area contributed by atoms with Gasteiger partial charge in [-0.3, -0.25) is 9.59 Å². The summed E-state index contributed by atoms with van der Waals surface area (Å²) in [6, 6.07) is 7.66. The first-order valence-corrected chi connectivity index (χ1v) is 7.59. The summed E-state index contributed by atoms with van der Waals surface area (Å²) in [5.74, 6) is -0.0933. The van der Waals surface area contributed by atoms with E-state index in [2.05, 4.69) is 10.6 Å². The number of nitrogens with one attached hydrogen (secondary N) is 2. The summed E-state index contributed by atoms with van der Waals surface area (Å²) in [7, 11) is 0. The molecule has 0 aromatic heterocycles. The number of fused-ring (bicyclic) bond motifs is 1. The molecule has 24 heavy (non-hydrogen) atoms. The van der Waals surface area contributed by atoms with Crippen molar-refractivity contribution in [3.8, 4) is 0 Å². The monoisotopic (exact) mass is 374 g/mol. The molecule has 0 radical (unpaired) electrons. The maximum Gasteiger partial charge on any atom is 0.250 e. The van der Waals surface area contributed by atoms with Gasteiger partial charge in [0.2, 0.25) is 11.8 Å². The van der Waals surface area contributed by atoms with Crippen molar-refractivity contribution >= 4 is 48.0 Å². The van der Waals surface area contributed by atoms with E-state index in [-0.39, 0.29) is 36.6 Å². The summed E-state index contributed by atoms with van der Waals surface area (Å²) in [5.41, 5.74) is 6.11. The molecule has 8 heteroatoms. The number of rotatable bonds is 1. The Labute approximate surface area is 154 Å². The first-order chi connectivity index (χ1) is 10.3. The molecular formula is C16H24Cl2N4O2. The average Bonchev–Trinajstić information content (AvgIpc) is 2.48. The average molecular weight is 375 g/mol. The van der Waals surface area contributed by atoms with Crippen molar-refractivity contribution in [2.75, 3.05) is 23.7 Å². The molecule has 0 unspecified atom stereocenters. The van der Waals surface area contributed by atoms with E-state index in [4.69, 9.17) is 5.73 Å². The first kappa shape index (κ1) is 20.5. The molecule has 1 saturated heterocycles. The maximum absolute atomic E-state index is 12.5. The Kier molecular flexibility index (Phi) is 6.14. The number of carbonyl (C=O) groups is 2. The van der Waals surface area contributed by atoms with E-state index in [1.54, 1.807) is 18.7 Å². The largest absolute Gasteiger partial charge is 0.369 e. The lowest BCUT2D eigenvalue weighted by Crippen LogP contribution is -2.61. The van der Waals surface area contributed by atoms with Crippen molar-refractivity contribution in [2.45, 2.75) is 37.8 Å². The minimum atomic E-state index is -0.876. The quantitative estimate of drug-likeness (QED) is 0.701. The van der Waals surface area contributed by atoms with Gasteiger partial charge < -0.3 is 21.3 Å². The van der Waals surface area contributed by atoms with Crippen molar-refractivity contribution in [2.24, 2.45) is 5.73 Å². The molecule has 2 heterocycles. The van der Waals surface area contributed by atoms with Gasteiger partial charge in [0, 0.05) is 13.1 Å². The zero-order chi connectivity index (χ0) is 16.0. The van der Waals surface area contributed by atoms with E-state index in [0.717, 1.165) is 11.4 Å². The van der Waals surface area contributed by atoms with Crippen molar-refractivity contribution < 1.29 is 9.59 Å². The number of para-hydroxylation sites is 2. The Morgan fingerprint density at radius 3 is 2.25 bits per heavy atom. The number of halogens is 2. The molecule has 0 atom stereocenters. The van der Waals surface area contributed by atoms with Crippen LogP contribution in [-0.2, 0) is 9.59 Å². The molecule has 2 aliphatic rings. The van der Waals surface area contributed by atoms with Crippen LogP contribution < -0.4 is 16.4 Å². The van der Waals surface area contributed by atoms with E-state index < -0.39 is 11.1 Å². The number of likely N-dealkylation sites (tertiary alicyclic amines) is 1. The molecule has 3 rings (SSSR count). The first-order valence-electron chi connectivity index (χ1n) is 7.59.